The van der Waals surface area contributed by atoms with Crippen LogP contribution in [0.25, 0.3) is 32.7 Å². The van der Waals surface area contributed by atoms with Gasteiger partial charge in [0.25, 0.3) is 0 Å². The van der Waals surface area contributed by atoms with Crippen LogP contribution in [0.15, 0.2) is 91.3 Å². The van der Waals surface area contributed by atoms with Crippen molar-refractivity contribution in [2.75, 3.05) is 33.0 Å². The molecule has 0 saturated carbocycles. The van der Waals surface area contributed by atoms with Gasteiger partial charge in [0.1, 0.15) is 0 Å². The summed E-state index contributed by atoms with van der Waals surface area (Å²) in [7, 11) is -4.67. The van der Waals surface area contributed by atoms with Gasteiger partial charge in [-0.2, -0.15) is 8.42 Å². The van der Waals surface area contributed by atoms with Gasteiger partial charge in [0.05, 0.1) is 12.9 Å². The molecule has 0 saturated heterocycles. The molecule has 1 aliphatic heterocycles. The molecule has 0 unspecified atom stereocenters. The van der Waals surface area contributed by atoms with E-state index in [1.54, 1.807) is 6.26 Å². The smallest absolute Gasteiger partial charge is 0.394 e. The molecule has 304 valence electrons. The Morgan fingerprint density at radius 3 is 1.55 bits per heavy atom. The molecule has 12 nitrogen and oxygen atoms in total. The molecule has 0 bridgehead atoms. The molecule has 4 heterocycles. The van der Waals surface area contributed by atoms with Crippen LogP contribution in [0.1, 0.15) is 85.4 Å². The van der Waals surface area contributed by atoms with Crippen molar-refractivity contribution in [2.45, 2.75) is 76.5 Å². The fraction of sp³-hybridized carbons (Fsp3) is 0.395. The van der Waals surface area contributed by atoms with Gasteiger partial charge >= 0.3 is 10.4 Å². The number of hydrogen-bond acceptors (Lipinski definition) is 7. The zero-order chi connectivity index (χ0) is 40.2. The zero-order valence-electron chi connectivity index (χ0n) is 31.9. The number of ether oxygens (including phenoxy) is 1. The van der Waals surface area contributed by atoms with Gasteiger partial charge in [-0.1, -0.05) is 61.0 Å². The van der Waals surface area contributed by atoms with Crippen molar-refractivity contribution in [2.24, 2.45) is 0 Å². The quantitative estimate of drug-likeness (QED) is 0.0371. The minimum atomic E-state index is -4.67. The Kier molecular flexibility index (Phi) is 18.6. The van der Waals surface area contributed by atoms with Crippen molar-refractivity contribution in [1.82, 2.24) is 15.0 Å². The van der Waals surface area contributed by atoms with E-state index in [4.69, 9.17) is 27.4 Å². The van der Waals surface area contributed by atoms with Crippen molar-refractivity contribution < 1.29 is 42.7 Å². The SMILES string of the molecule is C1=COCCC1.O=S(=O)(O)O.OCCCCC(c1[nH]c2ccccc2c1CCCO)c1[nH]c2ccccc2c1CCCO.OCCCc1c[nH]c2ccccc12. The van der Waals surface area contributed by atoms with Crippen LogP contribution >= 0.6 is 0 Å². The van der Waals surface area contributed by atoms with Crippen molar-refractivity contribution in [1.29, 1.82) is 0 Å². The van der Waals surface area contributed by atoms with Crippen molar-refractivity contribution in [3.8, 4) is 0 Å². The van der Waals surface area contributed by atoms with Crippen LogP contribution in [0.2, 0.25) is 0 Å². The first-order valence-corrected chi connectivity index (χ1v) is 20.7. The number of rotatable bonds is 15. The Balaban J connectivity index is 0.000000234. The monoisotopic (exact) mass is 791 g/mol. The Morgan fingerprint density at radius 2 is 1.11 bits per heavy atom. The number of H-pyrrole nitrogens is 3. The Labute approximate surface area is 328 Å². The van der Waals surface area contributed by atoms with Crippen LogP contribution in [0.4, 0.5) is 0 Å². The molecular formula is C43H57N3O9S. The number of aliphatic hydroxyl groups excluding tert-OH is 4. The van der Waals surface area contributed by atoms with Crippen LogP contribution in [0.5, 0.6) is 0 Å². The van der Waals surface area contributed by atoms with Gasteiger partial charge < -0.3 is 40.1 Å². The molecule has 13 heteroatoms. The van der Waals surface area contributed by atoms with Gasteiger partial charge in [0, 0.05) is 82.6 Å². The number of hydrogen-bond donors (Lipinski definition) is 9. The topological polar surface area (TPSA) is 212 Å². The highest BCUT2D eigenvalue weighted by Crippen LogP contribution is 2.39. The predicted octanol–water partition coefficient (Wildman–Crippen LogP) is 7.54. The number of para-hydroxylation sites is 3. The molecule has 0 fully saturated rings. The lowest BCUT2D eigenvalue weighted by molar-refractivity contribution is 0.231. The van der Waals surface area contributed by atoms with Gasteiger partial charge in [0.2, 0.25) is 0 Å². The fourth-order valence-electron chi connectivity index (χ4n) is 7.08. The second-order valence-electron chi connectivity index (χ2n) is 13.6. The Bertz CT molecular complexity index is 2070. The van der Waals surface area contributed by atoms with E-state index in [0.29, 0.717) is 0 Å². The van der Waals surface area contributed by atoms with Crippen LogP contribution in [0.3, 0.4) is 0 Å². The lowest BCUT2D eigenvalue weighted by Gasteiger charge is -2.19. The van der Waals surface area contributed by atoms with Gasteiger partial charge in [-0.05, 0) is 105 Å². The first-order valence-electron chi connectivity index (χ1n) is 19.3. The van der Waals surface area contributed by atoms with Crippen LogP contribution in [-0.2, 0) is 34.4 Å². The Hall–Kier alpha value is -4.47. The first-order chi connectivity index (χ1) is 27.2. The van der Waals surface area contributed by atoms with E-state index < -0.39 is 10.4 Å². The zero-order valence-corrected chi connectivity index (χ0v) is 32.7. The average molecular weight is 792 g/mol. The van der Waals surface area contributed by atoms with Crippen LogP contribution < -0.4 is 0 Å². The summed E-state index contributed by atoms with van der Waals surface area (Å²) >= 11 is 0. The summed E-state index contributed by atoms with van der Waals surface area (Å²) in [5.74, 6) is 0.128. The summed E-state index contributed by atoms with van der Waals surface area (Å²) in [5.41, 5.74) is 9.67. The minimum Gasteiger partial charge on any atom is -0.502 e. The number of aromatic amines is 3. The third kappa shape index (κ3) is 13.6. The standard InChI is InChI=1S/C27H34N2O3.C11H13NO.C5H8O.H2O4S/c30-16-6-5-11-23(26-21(12-7-17-31)19-9-1-3-14-24(19)28-26)27-22(13-8-18-32)20-10-2-4-15-25(20)29-27;13-7-3-4-9-8-12-11-6-2-1-5-10(9)11;1-2-4-6-5-3-1;1-5(2,3)4/h1-4,9-10,14-15,23,28-32H,5-8,11-13,16-18H2;1-2,5-6,8,12-13H,3-4,7H2;2,4H,1,3,5H2;(H2,1,2,3,4). The highest BCUT2D eigenvalue weighted by atomic mass is 32.3. The number of allylic oxidation sites excluding steroid dienone is 1. The van der Waals surface area contributed by atoms with Crippen LogP contribution in [-0.4, -0.2) is 85.9 Å². The van der Waals surface area contributed by atoms with Gasteiger partial charge in [0.15, 0.2) is 0 Å². The Morgan fingerprint density at radius 1 is 0.625 bits per heavy atom. The maximum Gasteiger partial charge on any atom is 0.394 e. The van der Waals surface area contributed by atoms with Gasteiger partial charge in [-0.15, -0.1) is 0 Å². The molecule has 0 spiro atoms. The van der Waals surface area contributed by atoms with Crippen LogP contribution in [0, 0.1) is 0 Å². The van der Waals surface area contributed by atoms with E-state index in [1.807, 2.05) is 24.4 Å². The second kappa shape index (κ2) is 23.6. The molecule has 0 atom stereocenters. The third-order valence-corrected chi connectivity index (χ3v) is 9.57. The highest BCUT2D eigenvalue weighted by molar-refractivity contribution is 7.79. The summed E-state index contributed by atoms with van der Waals surface area (Å²) in [6.07, 6.45) is 15.7. The van der Waals surface area contributed by atoms with Crippen molar-refractivity contribution in [3.05, 3.63) is 119 Å². The van der Waals surface area contributed by atoms with E-state index in [2.05, 4.69) is 75.6 Å². The number of fused-ring (bicyclic) bond motifs is 3. The summed E-state index contributed by atoms with van der Waals surface area (Å²) in [4.78, 5) is 10.6. The van der Waals surface area contributed by atoms with Crippen molar-refractivity contribution in [3.63, 3.8) is 0 Å². The molecule has 1 aliphatic rings. The molecule has 9 N–H and O–H groups in total. The summed E-state index contributed by atoms with van der Waals surface area (Å²) in [6.45, 7) is 1.71. The molecular weight excluding hydrogens is 735 g/mol. The van der Waals surface area contributed by atoms with E-state index in [1.165, 1.54) is 62.6 Å². The van der Waals surface area contributed by atoms with E-state index in [9.17, 15) is 15.3 Å². The molecule has 6 aromatic rings. The molecule has 56 heavy (non-hydrogen) atoms. The maximum atomic E-state index is 9.53. The normalized spacial score (nSPS) is 12.5. The highest BCUT2D eigenvalue weighted by Gasteiger charge is 2.26. The molecule has 3 aromatic carbocycles. The van der Waals surface area contributed by atoms with Gasteiger partial charge in [-0.25, -0.2) is 0 Å². The largest absolute Gasteiger partial charge is 0.502 e. The first kappa shape index (κ1) is 44.2. The molecule has 0 radical (unpaired) electrons. The third-order valence-electron chi connectivity index (χ3n) is 9.57. The molecule has 0 amide bonds. The summed E-state index contributed by atoms with van der Waals surface area (Å²) in [6, 6.07) is 25.0. The molecule has 3 aromatic heterocycles. The predicted molar refractivity (Wildman–Crippen MR) is 222 cm³/mol. The number of nitrogens with one attached hydrogen (secondary N) is 3. The fourth-order valence-corrected chi connectivity index (χ4v) is 7.08. The summed E-state index contributed by atoms with van der Waals surface area (Å²) < 4.78 is 36.5. The number of aliphatic hydroxyl groups is 4. The van der Waals surface area contributed by atoms with E-state index >= 15 is 0 Å². The number of aromatic nitrogens is 3. The van der Waals surface area contributed by atoms with E-state index in [-0.39, 0.29) is 32.3 Å². The average Bonchev–Trinajstić information content (AvgIpc) is 3.91. The molecule has 7 rings (SSSR count). The number of aryl methyl sites for hydroxylation is 3. The lowest BCUT2D eigenvalue weighted by atomic mass is 9.87. The van der Waals surface area contributed by atoms with Gasteiger partial charge in [-0.3, -0.25) is 9.11 Å². The number of benzene rings is 3. The molecule has 0 aliphatic carbocycles. The maximum absolute atomic E-state index is 9.53. The minimum absolute atomic E-state index is 0.128. The lowest BCUT2D eigenvalue weighted by Crippen LogP contribution is -2.09. The second-order valence-corrected chi connectivity index (χ2v) is 14.5. The summed E-state index contributed by atoms with van der Waals surface area (Å²) in [5, 5.41) is 40.9. The number of unbranched alkanes of at least 4 members (excludes halogenated alkanes) is 1. The van der Waals surface area contributed by atoms with E-state index in [0.717, 1.165) is 75.4 Å². The van der Waals surface area contributed by atoms with Crippen molar-refractivity contribution >= 4 is 43.1 Å².